The summed E-state index contributed by atoms with van der Waals surface area (Å²) in [7, 11) is -3.27. The fraction of sp³-hybridized carbons (Fsp3) is 0.143. The van der Waals surface area contributed by atoms with Crippen molar-refractivity contribution in [2.24, 2.45) is 0 Å². The minimum Gasteiger partial charge on any atom is -0.455 e. The number of hydrogen-bond donors (Lipinski definition) is 0. The third-order valence-corrected chi connectivity index (χ3v) is 4.66. The lowest BCUT2D eigenvalue weighted by molar-refractivity contribution is 0.477. The van der Waals surface area contributed by atoms with Gasteiger partial charge in [-0.2, -0.15) is 0 Å². The molecule has 20 heavy (non-hydrogen) atoms. The molecule has 0 fully saturated rings. The number of sulfone groups is 1. The molecule has 0 aliphatic rings. The molecule has 0 radical (unpaired) electrons. The molecular formula is C14H12BrClO3S. The zero-order valence-corrected chi connectivity index (χ0v) is 13.8. The molecule has 106 valence electrons. The molecule has 0 aliphatic heterocycles. The van der Waals surface area contributed by atoms with E-state index in [0.717, 1.165) is 11.8 Å². The van der Waals surface area contributed by atoms with E-state index in [1.807, 2.05) is 12.1 Å². The summed E-state index contributed by atoms with van der Waals surface area (Å²) in [4.78, 5) is 0.211. The van der Waals surface area contributed by atoms with Crippen molar-refractivity contribution in [1.82, 2.24) is 0 Å². The minimum atomic E-state index is -3.27. The Balaban J connectivity index is 2.41. The van der Waals surface area contributed by atoms with Gasteiger partial charge in [0.05, 0.1) is 9.92 Å². The van der Waals surface area contributed by atoms with E-state index in [1.165, 1.54) is 12.1 Å². The molecule has 0 N–H and O–H groups in total. The third-order valence-electron chi connectivity index (χ3n) is 2.65. The summed E-state index contributed by atoms with van der Waals surface area (Å²) in [5, 5.41) is 1.07. The van der Waals surface area contributed by atoms with E-state index in [-0.39, 0.29) is 4.90 Å². The normalized spacial score (nSPS) is 11.3. The average molecular weight is 376 g/mol. The lowest BCUT2D eigenvalue weighted by atomic mass is 10.2. The average Bonchev–Trinajstić information content (AvgIpc) is 2.40. The van der Waals surface area contributed by atoms with Crippen molar-refractivity contribution < 1.29 is 13.2 Å². The van der Waals surface area contributed by atoms with Crippen molar-refractivity contribution in [2.45, 2.75) is 10.2 Å². The Morgan fingerprint density at radius 3 is 2.55 bits per heavy atom. The van der Waals surface area contributed by atoms with Crippen LogP contribution in [0.3, 0.4) is 0 Å². The molecular weight excluding hydrogens is 364 g/mol. The standard InChI is InChI=1S/C14H12BrClO3S/c1-20(17,18)12-6-3-5-11(8-12)19-14-10(9-15)4-2-7-13(14)16/h2-8H,9H2,1H3. The van der Waals surface area contributed by atoms with Gasteiger partial charge >= 0.3 is 0 Å². The quantitative estimate of drug-likeness (QED) is 0.742. The monoisotopic (exact) mass is 374 g/mol. The van der Waals surface area contributed by atoms with Gasteiger partial charge in [-0.1, -0.05) is 45.7 Å². The molecule has 0 atom stereocenters. The summed E-state index contributed by atoms with van der Waals surface area (Å²) >= 11 is 9.49. The van der Waals surface area contributed by atoms with E-state index in [2.05, 4.69) is 15.9 Å². The van der Waals surface area contributed by atoms with Gasteiger partial charge in [0.25, 0.3) is 0 Å². The Morgan fingerprint density at radius 2 is 1.90 bits per heavy atom. The van der Waals surface area contributed by atoms with Crippen LogP contribution in [0.4, 0.5) is 0 Å². The second-order valence-electron chi connectivity index (χ2n) is 4.21. The van der Waals surface area contributed by atoms with Gasteiger partial charge in [0, 0.05) is 17.1 Å². The van der Waals surface area contributed by atoms with Crippen LogP contribution in [0, 0.1) is 0 Å². The molecule has 2 rings (SSSR count). The lowest BCUT2D eigenvalue weighted by Gasteiger charge is -2.12. The van der Waals surface area contributed by atoms with Crippen LogP contribution in [0.1, 0.15) is 5.56 Å². The van der Waals surface area contributed by atoms with Crippen LogP contribution in [-0.2, 0) is 15.2 Å². The summed E-state index contributed by atoms with van der Waals surface area (Å²) < 4.78 is 28.8. The first-order valence-corrected chi connectivity index (χ1v) is 9.12. The summed E-state index contributed by atoms with van der Waals surface area (Å²) in [5.41, 5.74) is 0.891. The van der Waals surface area contributed by atoms with Gasteiger partial charge in [-0.25, -0.2) is 8.42 Å². The molecule has 0 aliphatic carbocycles. The van der Waals surface area contributed by atoms with E-state index in [1.54, 1.807) is 18.2 Å². The molecule has 0 saturated carbocycles. The zero-order chi connectivity index (χ0) is 14.8. The molecule has 2 aromatic carbocycles. The first-order chi connectivity index (χ1) is 9.41. The summed E-state index contributed by atoms with van der Waals surface area (Å²) in [6, 6.07) is 11.8. The first kappa shape index (κ1) is 15.4. The molecule has 0 aromatic heterocycles. The number of para-hydroxylation sites is 1. The van der Waals surface area contributed by atoms with Crippen molar-refractivity contribution in [3.63, 3.8) is 0 Å². The SMILES string of the molecule is CS(=O)(=O)c1cccc(Oc2c(Cl)cccc2CBr)c1. The topological polar surface area (TPSA) is 43.4 Å². The Morgan fingerprint density at radius 1 is 1.20 bits per heavy atom. The van der Waals surface area contributed by atoms with Crippen LogP contribution in [0.15, 0.2) is 47.4 Å². The fourth-order valence-corrected chi connectivity index (χ4v) is 2.99. The molecule has 0 heterocycles. The predicted octanol–water partition coefficient (Wildman–Crippen LogP) is 4.43. The van der Waals surface area contributed by atoms with Gasteiger partial charge in [0.1, 0.15) is 11.5 Å². The number of benzene rings is 2. The van der Waals surface area contributed by atoms with Crippen LogP contribution in [0.2, 0.25) is 5.02 Å². The third kappa shape index (κ3) is 3.53. The van der Waals surface area contributed by atoms with E-state index in [9.17, 15) is 8.42 Å². The van der Waals surface area contributed by atoms with Crippen LogP contribution in [-0.4, -0.2) is 14.7 Å². The summed E-state index contributed by atoms with van der Waals surface area (Å²) in [6.45, 7) is 0. The predicted molar refractivity (Wildman–Crippen MR) is 83.7 cm³/mol. The zero-order valence-electron chi connectivity index (χ0n) is 10.6. The second-order valence-corrected chi connectivity index (χ2v) is 7.19. The van der Waals surface area contributed by atoms with Crippen molar-refractivity contribution in [1.29, 1.82) is 0 Å². The Kier molecular flexibility index (Phi) is 4.73. The Hall–Kier alpha value is -1.04. The van der Waals surface area contributed by atoms with Gasteiger partial charge in [0.15, 0.2) is 9.84 Å². The van der Waals surface area contributed by atoms with Crippen molar-refractivity contribution >= 4 is 37.4 Å². The van der Waals surface area contributed by atoms with Gasteiger partial charge in [0.2, 0.25) is 0 Å². The molecule has 3 nitrogen and oxygen atoms in total. The highest BCUT2D eigenvalue weighted by Crippen LogP contribution is 2.34. The number of hydrogen-bond acceptors (Lipinski definition) is 3. The fourth-order valence-electron chi connectivity index (χ4n) is 1.66. The summed E-state index contributed by atoms with van der Waals surface area (Å²) in [5.74, 6) is 0.958. The maximum Gasteiger partial charge on any atom is 0.175 e. The molecule has 0 saturated heterocycles. The van der Waals surface area contributed by atoms with Crippen LogP contribution in [0.5, 0.6) is 11.5 Å². The van der Waals surface area contributed by atoms with Crippen molar-refractivity contribution in [3.05, 3.63) is 53.1 Å². The Bertz CT molecular complexity index is 729. The first-order valence-electron chi connectivity index (χ1n) is 5.73. The number of halogens is 2. The van der Waals surface area contributed by atoms with E-state index in [4.69, 9.17) is 16.3 Å². The lowest BCUT2D eigenvalue weighted by Crippen LogP contribution is -1.97. The highest BCUT2D eigenvalue weighted by molar-refractivity contribution is 9.08. The maximum atomic E-state index is 11.5. The summed E-state index contributed by atoms with van der Waals surface area (Å²) in [6.07, 6.45) is 1.16. The molecule has 6 heteroatoms. The van der Waals surface area contributed by atoms with E-state index >= 15 is 0 Å². The van der Waals surface area contributed by atoms with Gasteiger partial charge in [-0.15, -0.1) is 0 Å². The minimum absolute atomic E-state index is 0.211. The molecule has 0 spiro atoms. The smallest absolute Gasteiger partial charge is 0.175 e. The Labute approximate surface area is 131 Å². The molecule has 0 unspecified atom stereocenters. The molecule has 0 bridgehead atoms. The van der Waals surface area contributed by atoms with Gasteiger partial charge < -0.3 is 4.74 Å². The van der Waals surface area contributed by atoms with Crippen molar-refractivity contribution in [3.8, 4) is 11.5 Å². The second kappa shape index (κ2) is 6.16. The molecule has 0 amide bonds. The van der Waals surface area contributed by atoms with Gasteiger partial charge in [-0.3, -0.25) is 0 Å². The van der Waals surface area contributed by atoms with Gasteiger partial charge in [-0.05, 0) is 24.3 Å². The highest BCUT2D eigenvalue weighted by atomic mass is 79.9. The number of ether oxygens (including phenoxy) is 1. The number of rotatable bonds is 4. The molecule has 2 aromatic rings. The maximum absolute atomic E-state index is 11.5. The van der Waals surface area contributed by atoms with E-state index in [0.29, 0.717) is 21.9 Å². The highest BCUT2D eigenvalue weighted by Gasteiger charge is 2.11. The van der Waals surface area contributed by atoms with Crippen LogP contribution >= 0.6 is 27.5 Å². The largest absolute Gasteiger partial charge is 0.455 e. The van der Waals surface area contributed by atoms with Crippen LogP contribution < -0.4 is 4.74 Å². The van der Waals surface area contributed by atoms with Crippen molar-refractivity contribution in [2.75, 3.05) is 6.26 Å². The number of alkyl halides is 1. The van der Waals surface area contributed by atoms with Crippen LogP contribution in [0.25, 0.3) is 0 Å². The van der Waals surface area contributed by atoms with E-state index < -0.39 is 9.84 Å².